The fraction of sp³-hybridized carbons (Fsp3) is 0.491. The molecule has 0 N–H and O–H groups in total. The fourth-order valence-electron chi connectivity index (χ4n) is 8.51. The zero-order valence-corrected chi connectivity index (χ0v) is 47.1. The summed E-state index contributed by atoms with van der Waals surface area (Å²) in [5, 5.41) is 2.30. The van der Waals surface area contributed by atoms with Gasteiger partial charge in [-0.25, -0.2) is 4.79 Å². The van der Waals surface area contributed by atoms with Crippen molar-refractivity contribution in [3.63, 3.8) is 0 Å². The summed E-state index contributed by atoms with van der Waals surface area (Å²) in [4.78, 5) is 14.2. The number of hydrogen-bond acceptors (Lipinski definition) is 8. The number of carbonyl (C=O) groups is 1. The van der Waals surface area contributed by atoms with Crippen LogP contribution < -0.4 is 15.1 Å². The van der Waals surface area contributed by atoms with Crippen LogP contribution in [0.15, 0.2) is 121 Å². The Morgan fingerprint density at radius 2 is 1.32 bits per heavy atom. The van der Waals surface area contributed by atoms with E-state index in [0.29, 0.717) is 29.9 Å². The molecule has 0 aromatic heterocycles. The van der Waals surface area contributed by atoms with E-state index in [9.17, 15) is 4.79 Å². The van der Waals surface area contributed by atoms with E-state index < -0.39 is 48.7 Å². The van der Waals surface area contributed by atoms with Crippen molar-refractivity contribution in [3.05, 3.63) is 132 Å². The maximum Gasteiger partial charge on any atom is 0.342 e. The molecular formula is C57H82O8Si3. The van der Waals surface area contributed by atoms with E-state index in [0.717, 1.165) is 17.2 Å². The van der Waals surface area contributed by atoms with Crippen molar-refractivity contribution < 1.29 is 37.3 Å². The third-order valence-electron chi connectivity index (χ3n) is 13.5. The first-order valence-corrected chi connectivity index (χ1v) is 33.0. The zero-order valence-electron chi connectivity index (χ0n) is 44.1. The molecular weight excluding hydrogens is 897 g/mol. The molecule has 8 nitrogen and oxygen atoms in total. The van der Waals surface area contributed by atoms with E-state index >= 15 is 0 Å². The Morgan fingerprint density at radius 3 is 1.85 bits per heavy atom. The van der Waals surface area contributed by atoms with Crippen LogP contribution in [-0.2, 0) is 27.8 Å². The Bertz CT molecular complexity index is 2240. The maximum absolute atomic E-state index is 14.2. The van der Waals surface area contributed by atoms with Gasteiger partial charge in [0.15, 0.2) is 20.9 Å². The molecule has 0 spiro atoms. The molecule has 5 rings (SSSR count). The van der Waals surface area contributed by atoms with Crippen molar-refractivity contribution >= 4 is 47.1 Å². The first-order chi connectivity index (χ1) is 31.8. The first kappa shape index (κ1) is 55.0. The fourth-order valence-corrected chi connectivity index (χ4v) is 15.3. The summed E-state index contributed by atoms with van der Waals surface area (Å²) in [6.45, 7) is 33.8. The predicted molar refractivity (Wildman–Crippen MR) is 289 cm³/mol. The first-order valence-electron chi connectivity index (χ1n) is 24.5. The van der Waals surface area contributed by atoms with Crippen LogP contribution in [0, 0.1) is 5.92 Å². The molecule has 0 saturated carbocycles. The van der Waals surface area contributed by atoms with Gasteiger partial charge in [-0.3, -0.25) is 0 Å². The minimum absolute atomic E-state index is 0.0147. The summed E-state index contributed by atoms with van der Waals surface area (Å²) >= 11 is 0. The highest BCUT2D eigenvalue weighted by Crippen LogP contribution is 2.42. The second-order valence-corrected chi connectivity index (χ2v) is 37.2. The summed E-state index contributed by atoms with van der Waals surface area (Å²) in [6.07, 6.45) is 7.71. The monoisotopic (exact) mass is 979 g/mol. The highest BCUT2D eigenvalue weighted by atomic mass is 28.4. The van der Waals surface area contributed by atoms with E-state index in [1.54, 1.807) is 7.11 Å². The van der Waals surface area contributed by atoms with Gasteiger partial charge in [-0.1, -0.05) is 189 Å². The van der Waals surface area contributed by atoms with Crippen molar-refractivity contribution in [1.82, 2.24) is 0 Å². The molecule has 68 heavy (non-hydrogen) atoms. The molecule has 11 heteroatoms. The van der Waals surface area contributed by atoms with Crippen molar-refractivity contribution in [3.8, 4) is 16.9 Å². The van der Waals surface area contributed by atoms with E-state index in [1.165, 1.54) is 10.4 Å². The van der Waals surface area contributed by atoms with Crippen LogP contribution in [0.25, 0.3) is 17.2 Å². The molecule has 0 aliphatic carbocycles. The van der Waals surface area contributed by atoms with Gasteiger partial charge < -0.3 is 32.5 Å². The molecule has 0 amide bonds. The average Bonchev–Trinajstić information content (AvgIpc) is 3.58. The van der Waals surface area contributed by atoms with Crippen LogP contribution in [0.4, 0.5) is 0 Å². The largest absolute Gasteiger partial charge is 0.467 e. The molecule has 370 valence electrons. The Hall–Kier alpha value is -3.92. The van der Waals surface area contributed by atoms with Crippen molar-refractivity contribution in [2.45, 2.75) is 155 Å². The van der Waals surface area contributed by atoms with Crippen LogP contribution in [-0.4, -0.2) is 81.4 Å². The molecule has 0 bridgehead atoms. The quantitative estimate of drug-likeness (QED) is 0.0353. The van der Waals surface area contributed by atoms with Gasteiger partial charge in [0.25, 0.3) is 8.32 Å². The lowest BCUT2D eigenvalue weighted by molar-refractivity contribution is -0.151. The normalized spacial score (nSPS) is 18.5. The van der Waals surface area contributed by atoms with Crippen LogP contribution >= 0.6 is 0 Å². The average molecular weight is 980 g/mol. The van der Waals surface area contributed by atoms with Crippen LogP contribution in [0.5, 0.6) is 5.75 Å². The standard InChI is InChI=1S/C57H82O8Si3/c1-42(43(2)64-68(56(6,7)8,45-29-22-18-23-30-45)46-31-24-19-25-32-46)35-37-51(65-67(15,16)55(3,4)5)53-50(62-57(9,10)63-53)34-26-33-48-47(44-27-20-17-21-28-44)36-38-49(61-41-59-11)52(48)54(58)60-39-40-66(12,13)14/h17-33,35-38,42-43,50-51,53H,34,39-41H2,1-16H3/b33-26+,37-35-/t42-,43-,50+,51?,53+/m1/s1. The van der Waals surface area contributed by atoms with E-state index in [-0.39, 0.29) is 35.0 Å². The summed E-state index contributed by atoms with van der Waals surface area (Å²) in [6, 6.07) is 36.4. The van der Waals surface area contributed by atoms with Gasteiger partial charge in [0.05, 0.1) is 18.8 Å². The summed E-state index contributed by atoms with van der Waals surface area (Å²) in [5.41, 5.74) is 2.92. The number of benzene rings is 4. The number of methoxy groups -OCH3 is 1. The van der Waals surface area contributed by atoms with Gasteiger partial charge in [0, 0.05) is 26.9 Å². The lowest BCUT2D eigenvalue weighted by atomic mass is 9.93. The van der Waals surface area contributed by atoms with E-state index in [4.69, 9.17) is 32.5 Å². The van der Waals surface area contributed by atoms with Gasteiger partial charge in [-0.05, 0) is 89.9 Å². The van der Waals surface area contributed by atoms with Gasteiger partial charge in [0.2, 0.25) is 0 Å². The SMILES string of the molecule is COCOc1ccc(-c2ccccc2)c(/C=C/C[C@@H]2OC(C)(C)O[C@@H]2C(/C=C\[C@@H](C)[C@@H](C)O[Si](c2ccccc2)(c2ccccc2)C(C)(C)C)O[Si](C)(C)C(C)(C)C)c1C(=O)OCC[Si](C)(C)C. The number of hydrogen-bond donors (Lipinski definition) is 0. The lowest BCUT2D eigenvalue weighted by Gasteiger charge is -2.45. The number of rotatable bonds is 21. The van der Waals surface area contributed by atoms with Gasteiger partial charge in [-0.15, -0.1) is 0 Å². The summed E-state index contributed by atoms with van der Waals surface area (Å²) in [5.74, 6) is -0.865. The molecule has 1 aliphatic heterocycles. The van der Waals surface area contributed by atoms with Crippen LogP contribution in [0.3, 0.4) is 0 Å². The summed E-state index contributed by atoms with van der Waals surface area (Å²) in [7, 11) is -5.07. The van der Waals surface area contributed by atoms with E-state index in [1.807, 2.05) is 62.4 Å². The molecule has 4 aromatic rings. The minimum atomic E-state index is -2.81. The number of esters is 1. The maximum atomic E-state index is 14.2. The highest BCUT2D eigenvalue weighted by molar-refractivity contribution is 6.99. The van der Waals surface area contributed by atoms with Crippen molar-refractivity contribution in [2.24, 2.45) is 5.92 Å². The Labute approximate surface area is 413 Å². The van der Waals surface area contributed by atoms with Gasteiger partial charge >= 0.3 is 5.97 Å². The minimum Gasteiger partial charge on any atom is -0.467 e. The zero-order chi connectivity index (χ0) is 50.1. The Morgan fingerprint density at radius 1 is 0.750 bits per heavy atom. The molecule has 1 fully saturated rings. The van der Waals surface area contributed by atoms with E-state index in [2.05, 4.69) is 167 Å². The molecule has 1 heterocycles. The Balaban J connectivity index is 1.53. The molecule has 5 atom stereocenters. The van der Waals surface area contributed by atoms with Crippen molar-refractivity contribution in [1.29, 1.82) is 0 Å². The molecule has 4 aromatic carbocycles. The molecule has 0 radical (unpaired) electrons. The number of ether oxygens (including phenoxy) is 5. The smallest absolute Gasteiger partial charge is 0.342 e. The third kappa shape index (κ3) is 13.9. The lowest BCUT2D eigenvalue weighted by Crippen LogP contribution is -2.67. The topological polar surface area (TPSA) is 81.7 Å². The van der Waals surface area contributed by atoms with Gasteiger partial charge in [-0.2, -0.15) is 0 Å². The van der Waals surface area contributed by atoms with Crippen LogP contribution in [0.2, 0.25) is 48.9 Å². The second-order valence-electron chi connectivity index (χ2n) is 22.6. The Kier molecular flexibility index (Phi) is 18.5. The molecule has 1 unspecified atom stereocenters. The molecule has 1 aliphatic rings. The van der Waals surface area contributed by atoms with Gasteiger partial charge in [0.1, 0.15) is 17.4 Å². The predicted octanol–water partition coefficient (Wildman–Crippen LogP) is 13.3. The molecule has 1 saturated heterocycles. The highest BCUT2D eigenvalue weighted by Gasteiger charge is 2.52. The summed E-state index contributed by atoms with van der Waals surface area (Å²) < 4.78 is 45.9. The third-order valence-corrected chi connectivity index (χ3v) is 24.8. The number of carbonyl (C=O) groups excluding carboxylic acids is 1. The second kappa shape index (κ2) is 22.9. The van der Waals surface area contributed by atoms with Crippen LogP contribution in [0.1, 0.15) is 91.6 Å². The van der Waals surface area contributed by atoms with Crippen molar-refractivity contribution in [2.75, 3.05) is 20.5 Å².